The van der Waals surface area contributed by atoms with Crippen molar-refractivity contribution in [1.29, 1.82) is 0 Å². The molecular formula is C20H15FN4O2. The smallest absolute Gasteiger partial charge is 0.242 e. The lowest BCUT2D eigenvalue weighted by molar-refractivity contribution is -0.126. The van der Waals surface area contributed by atoms with E-state index in [4.69, 9.17) is 0 Å². The van der Waals surface area contributed by atoms with Crippen LogP contribution in [-0.2, 0) is 15.0 Å². The van der Waals surface area contributed by atoms with Crippen LogP contribution in [0, 0.1) is 5.82 Å². The molecule has 2 aliphatic rings. The van der Waals surface area contributed by atoms with Crippen LogP contribution in [0.2, 0.25) is 0 Å². The van der Waals surface area contributed by atoms with Gasteiger partial charge in [-0.15, -0.1) is 0 Å². The van der Waals surface area contributed by atoms with Crippen molar-refractivity contribution < 1.29 is 14.0 Å². The fourth-order valence-electron chi connectivity index (χ4n) is 4.17. The zero-order valence-corrected chi connectivity index (χ0v) is 14.4. The van der Waals surface area contributed by atoms with Crippen LogP contribution < -0.4 is 10.2 Å². The first-order valence-corrected chi connectivity index (χ1v) is 8.54. The minimum absolute atomic E-state index is 0.00896. The highest BCUT2D eigenvalue weighted by atomic mass is 19.1. The van der Waals surface area contributed by atoms with Crippen molar-refractivity contribution in [2.24, 2.45) is 0 Å². The number of aromatic nitrogens is 2. The third-order valence-corrected chi connectivity index (χ3v) is 5.36. The largest absolute Gasteiger partial charge is 0.314 e. The molecule has 2 aromatic carbocycles. The maximum Gasteiger partial charge on any atom is 0.242 e. The number of nitrogens with zero attached hydrogens (tertiary/aromatic N) is 3. The number of anilines is 2. The normalized spacial score (nSPS) is 20.6. The van der Waals surface area contributed by atoms with E-state index < -0.39 is 11.2 Å². The summed E-state index contributed by atoms with van der Waals surface area (Å²) in [6.45, 7) is 0. The summed E-state index contributed by atoms with van der Waals surface area (Å²) in [7, 11) is 1.71. The predicted octanol–water partition coefficient (Wildman–Crippen LogP) is 2.62. The summed E-state index contributed by atoms with van der Waals surface area (Å²) in [4.78, 5) is 27.5. The summed E-state index contributed by atoms with van der Waals surface area (Å²) in [5, 5.41) is 7.17. The van der Waals surface area contributed by atoms with Crippen LogP contribution in [0.4, 0.5) is 15.9 Å². The monoisotopic (exact) mass is 362 g/mol. The van der Waals surface area contributed by atoms with Gasteiger partial charge in [-0.1, -0.05) is 24.3 Å². The summed E-state index contributed by atoms with van der Waals surface area (Å²) in [5.74, 6) is -0.455. The third-order valence-electron chi connectivity index (χ3n) is 5.36. The van der Waals surface area contributed by atoms with E-state index in [0.717, 1.165) is 11.3 Å². The number of hydrogen-bond donors (Lipinski definition) is 1. The Bertz CT molecular complexity index is 1120. The van der Waals surface area contributed by atoms with Gasteiger partial charge in [0, 0.05) is 24.7 Å². The molecule has 5 rings (SSSR count). The van der Waals surface area contributed by atoms with Gasteiger partial charge in [-0.25, -0.2) is 9.07 Å². The molecule has 3 aromatic rings. The maximum absolute atomic E-state index is 13.7. The number of benzene rings is 2. The first-order valence-electron chi connectivity index (χ1n) is 8.54. The number of para-hydroxylation sites is 1. The number of carbonyl (C=O) groups is 2. The molecule has 1 N–H and O–H groups in total. The molecule has 6 nitrogen and oxygen atoms in total. The lowest BCUT2D eigenvalue weighted by atomic mass is 9.72. The van der Waals surface area contributed by atoms with Crippen LogP contribution >= 0.6 is 0 Å². The maximum atomic E-state index is 13.7. The Morgan fingerprint density at radius 2 is 1.93 bits per heavy atom. The van der Waals surface area contributed by atoms with Crippen LogP contribution in [0.15, 0.2) is 54.7 Å². The van der Waals surface area contributed by atoms with Crippen molar-refractivity contribution in [2.45, 2.75) is 11.8 Å². The molecule has 0 saturated heterocycles. The van der Waals surface area contributed by atoms with E-state index in [-0.39, 0.29) is 18.2 Å². The van der Waals surface area contributed by atoms with E-state index in [1.165, 1.54) is 16.8 Å². The van der Waals surface area contributed by atoms with E-state index in [1.54, 1.807) is 30.3 Å². The molecule has 0 bridgehead atoms. The minimum atomic E-state index is -1.12. The zero-order chi connectivity index (χ0) is 18.8. The van der Waals surface area contributed by atoms with Gasteiger partial charge >= 0.3 is 0 Å². The number of fused-ring (bicyclic) bond motifs is 4. The second-order valence-corrected chi connectivity index (χ2v) is 6.81. The molecule has 2 amide bonds. The molecule has 1 aromatic heterocycles. The SMILES string of the molecule is CN1C(=O)C2(CC(=O)Nc3c2cnn3-c2cccc(F)c2)c2ccccc21. The Morgan fingerprint density at radius 3 is 2.74 bits per heavy atom. The van der Waals surface area contributed by atoms with Crippen LogP contribution in [0.1, 0.15) is 17.5 Å². The molecule has 3 heterocycles. The minimum Gasteiger partial charge on any atom is -0.314 e. The lowest BCUT2D eigenvalue weighted by Crippen LogP contribution is -2.45. The van der Waals surface area contributed by atoms with Gasteiger partial charge in [0.2, 0.25) is 11.8 Å². The van der Waals surface area contributed by atoms with Crippen molar-refractivity contribution in [1.82, 2.24) is 9.78 Å². The average molecular weight is 362 g/mol. The Balaban J connectivity index is 1.78. The predicted molar refractivity (Wildman–Crippen MR) is 97.4 cm³/mol. The molecule has 1 atom stereocenters. The van der Waals surface area contributed by atoms with Gasteiger partial charge < -0.3 is 10.2 Å². The summed E-state index contributed by atoms with van der Waals surface area (Å²) in [5.41, 5.74) is 1.54. The van der Waals surface area contributed by atoms with Gasteiger partial charge in [0.25, 0.3) is 0 Å². The first-order chi connectivity index (χ1) is 13.0. The standard InChI is InChI=1S/C20H15FN4O2/c1-24-16-8-3-2-7-14(16)20(19(24)27)10-17(26)23-18-15(20)11-22-25(18)13-6-4-5-12(21)9-13/h2-9,11H,10H2,1H3,(H,23,26). The molecule has 7 heteroatoms. The van der Waals surface area contributed by atoms with Gasteiger partial charge in [0.05, 0.1) is 11.9 Å². The van der Waals surface area contributed by atoms with Gasteiger partial charge in [0.1, 0.15) is 17.1 Å². The summed E-state index contributed by atoms with van der Waals surface area (Å²) in [6, 6.07) is 13.4. The number of rotatable bonds is 1. The number of likely N-dealkylation sites (N-methyl/N-ethyl adjacent to an activating group) is 1. The zero-order valence-electron chi connectivity index (χ0n) is 14.4. The third kappa shape index (κ3) is 1.96. The lowest BCUT2D eigenvalue weighted by Gasteiger charge is -2.32. The van der Waals surface area contributed by atoms with Crippen molar-refractivity contribution in [3.63, 3.8) is 0 Å². The highest BCUT2D eigenvalue weighted by Gasteiger charge is 2.56. The average Bonchev–Trinajstić information content (AvgIpc) is 3.17. The molecule has 0 saturated carbocycles. The molecule has 2 aliphatic heterocycles. The molecule has 0 fully saturated rings. The van der Waals surface area contributed by atoms with Crippen LogP contribution in [0.25, 0.3) is 5.69 Å². The molecule has 27 heavy (non-hydrogen) atoms. The van der Waals surface area contributed by atoms with Crippen molar-refractivity contribution in [3.05, 3.63) is 71.7 Å². The van der Waals surface area contributed by atoms with Gasteiger partial charge in [-0.2, -0.15) is 5.10 Å². The summed E-state index contributed by atoms with van der Waals surface area (Å²) < 4.78 is 15.1. The number of nitrogens with one attached hydrogen (secondary N) is 1. The Morgan fingerprint density at radius 1 is 1.11 bits per heavy atom. The topological polar surface area (TPSA) is 67.2 Å². The van der Waals surface area contributed by atoms with Crippen LogP contribution in [0.3, 0.4) is 0 Å². The van der Waals surface area contributed by atoms with Crippen molar-refractivity contribution in [3.8, 4) is 5.69 Å². The van der Waals surface area contributed by atoms with Gasteiger partial charge in [0.15, 0.2) is 0 Å². The highest BCUT2D eigenvalue weighted by molar-refractivity contribution is 6.15. The first kappa shape index (κ1) is 15.7. The van der Waals surface area contributed by atoms with E-state index in [1.807, 2.05) is 24.3 Å². The molecule has 134 valence electrons. The van der Waals surface area contributed by atoms with Crippen molar-refractivity contribution in [2.75, 3.05) is 17.3 Å². The number of hydrogen-bond acceptors (Lipinski definition) is 3. The van der Waals surface area contributed by atoms with Crippen LogP contribution in [-0.4, -0.2) is 28.6 Å². The fourth-order valence-corrected chi connectivity index (χ4v) is 4.17. The number of amides is 2. The Labute approximate surface area is 154 Å². The molecule has 1 unspecified atom stereocenters. The van der Waals surface area contributed by atoms with Gasteiger partial charge in [-0.3, -0.25) is 9.59 Å². The quantitative estimate of drug-likeness (QED) is 0.724. The summed E-state index contributed by atoms with van der Waals surface area (Å²) >= 11 is 0. The summed E-state index contributed by atoms with van der Waals surface area (Å²) in [6.07, 6.45) is 1.60. The fraction of sp³-hybridized carbons (Fsp3) is 0.150. The van der Waals surface area contributed by atoms with Crippen LogP contribution in [0.5, 0.6) is 0 Å². The van der Waals surface area contributed by atoms with Gasteiger partial charge in [-0.05, 0) is 29.8 Å². The van der Waals surface area contributed by atoms with E-state index in [9.17, 15) is 14.0 Å². The van der Waals surface area contributed by atoms with E-state index >= 15 is 0 Å². The molecule has 0 radical (unpaired) electrons. The molecule has 1 spiro atoms. The second kappa shape index (κ2) is 5.26. The second-order valence-electron chi connectivity index (χ2n) is 6.81. The Kier molecular flexibility index (Phi) is 3.07. The van der Waals surface area contributed by atoms with Crippen molar-refractivity contribution >= 4 is 23.3 Å². The number of carbonyl (C=O) groups excluding carboxylic acids is 2. The Hall–Kier alpha value is -3.48. The molecule has 0 aliphatic carbocycles. The number of halogens is 1. The van der Waals surface area contributed by atoms with E-state index in [2.05, 4.69) is 10.4 Å². The molecular weight excluding hydrogens is 347 g/mol. The van der Waals surface area contributed by atoms with E-state index in [0.29, 0.717) is 17.1 Å². The highest BCUT2D eigenvalue weighted by Crippen LogP contribution is 2.51.